The molecule has 4 rings (SSSR count). The topological polar surface area (TPSA) is 0 Å². The Morgan fingerprint density at radius 3 is 0.694 bits per heavy atom. The van der Waals surface area contributed by atoms with Crippen LogP contribution in [0.3, 0.4) is 0 Å². The van der Waals surface area contributed by atoms with Crippen molar-refractivity contribution in [2.75, 3.05) is 0 Å². The standard InChI is InChI=1S/C32H36P2.2B/c1-23-7-15-29(16-8-23)33(30-17-9-24(2)10-18-30)27(5)28(6)34(31-19-11-25(3)12-20-31)32-21-13-26(4)14-22-32;;/h7-22,27-28H,1-6H3;;/t27-,28-;;/m0../s1. The van der Waals surface area contributed by atoms with Gasteiger partial charge in [0.15, 0.2) is 0 Å². The summed E-state index contributed by atoms with van der Waals surface area (Å²) in [6.45, 7) is 13.7. The normalized spacial score (nSPS) is 12.6. The van der Waals surface area contributed by atoms with Crippen LogP contribution in [-0.4, -0.2) is 28.1 Å². The molecule has 4 heteroatoms. The molecule has 0 heterocycles. The van der Waals surface area contributed by atoms with Crippen molar-refractivity contribution in [3.63, 3.8) is 0 Å². The zero-order valence-corrected chi connectivity index (χ0v) is 24.2. The van der Waals surface area contributed by atoms with Gasteiger partial charge in [-0.2, -0.15) is 0 Å². The van der Waals surface area contributed by atoms with Crippen molar-refractivity contribution >= 4 is 53.9 Å². The Bertz CT molecular complexity index is 1010. The van der Waals surface area contributed by atoms with Crippen LogP contribution in [0.25, 0.3) is 0 Å². The summed E-state index contributed by atoms with van der Waals surface area (Å²) in [4.78, 5) is 0. The Morgan fingerprint density at radius 2 is 0.528 bits per heavy atom. The lowest BCUT2D eigenvalue weighted by Gasteiger charge is -2.36. The second-order valence-electron chi connectivity index (χ2n) is 9.56. The van der Waals surface area contributed by atoms with Gasteiger partial charge in [0, 0.05) is 16.8 Å². The van der Waals surface area contributed by atoms with Crippen LogP contribution in [-0.2, 0) is 0 Å². The maximum absolute atomic E-state index is 2.49. The Kier molecular flexibility index (Phi) is 11.2. The zero-order chi connectivity index (χ0) is 24.2. The number of hydrogen-bond donors (Lipinski definition) is 0. The van der Waals surface area contributed by atoms with E-state index in [4.69, 9.17) is 0 Å². The van der Waals surface area contributed by atoms with Crippen molar-refractivity contribution in [3.05, 3.63) is 119 Å². The van der Waals surface area contributed by atoms with Gasteiger partial charge < -0.3 is 0 Å². The molecule has 0 amide bonds. The fourth-order valence-electron chi connectivity index (χ4n) is 4.49. The second kappa shape index (κ2) is 13.4. The fraction of sp³-hybridized carbons (Fsp3) is 0.250. The SMILES string of the molecule is Cc1ccc(P(c2ccc(C)cc2)[C@@H](C)[C@H](C)P(c2ccc(C)cc2)c2ccc(C)cc2)cc1.[B].[B]. The lowest BCUT2D eigenvalue weighted by molar-refractivity contribution is 0.912. The Balaban J connectivity index is 0.00000228. The molecule has 4 aromatic rings. The quantitative estimate of drug-likeness (QED) is 0.199. The number of rotatable bonds is 7. The number of hydrogen-bond acceptors (Lipinski definition) is 0. The fourth-order valence-corrected chi connectivity index (χ4v) is 10.5. The van der Waals surface area contributed by atoms with E-state index in [1.807, 2.05) is 0 Å². The lowest BCUT2D eigenvalue weighted by Crippen LogP contribution is -2.31. The second-order valence-corrected chi connectivity index (χ2v) is 14.7. The van der Waals surface area contributed by atoms with E-state index in [9.17, 15) is 0 Å². The Labute approximate surface area is 225 Å². The highest BCUT2D eigenvalue weighted by molar-refractivity contribution is 7.77. The van der Waals surface area contributed by atoms with Gasteiger partial charge in [-0.15, -0.1) is 0 Å². The smallest absolute Gasteiger partial charge is 0 e. The molecule has 36 heavy (non-hydrogen) atoms. The van der Waals surface area contributed by atoms with Crippen LogP contribution >= 0.6 is 15.8 Å². The molecule has 0 fully saturated rings. The van der Waals surface area contributed by atoms with Crippen LogP contribution < -0.4 is 21.2 Å². The molecule has 0 aromatic heterocycles. The molecule has 6 radical (unpaired) electrons. The summed E-state index contributed by atoms with van der Waals surface area (Å²) in [5, 5.41) is 5.91. The highest BCUT2D eigenvalue weighted by Crippen LogP contribution is 2.51. The average Bonchev–Trinajstić information content (AvgIpc) is 2.84. The van der Waals surface area contributed by atoms with Crippen LogP contribution in [0.4, 0.5) is 0 Å². The predicted molar refractivity (Wildman–Crippen MR) is 168 cm³/mol. The van der Waals surface area contributed by atoms with E-state index in [2.05, 4.69) is 139 Å². The summed E-state index contributed by atoms with van der Waals surface area (Å²) >= 11 is 0. The van der Waals surface area contributed by atoms with E-state index in [1.165, 1.54) is 43.5 Å². The number of benzene rings is 4. The van der Waals surface area contributed by atoms with Crippen LogP contribution in [0.2, 0.25) is 0 Å². The molecule has 0 nitrogen and oxygen atoms in total. The van der Waals surface area contributed by atoms with Crippen molar-refractivity contribution in [1.29, 1.82) is 0 Å². The zero-order valence-electron chi connectivity index (χ0n) is 22.4. The Hall–Kier alpha value is -2.13. The van der Waals surface area contributed by atoms with Crippen LogP contribution in [0.1, 0.15) is 36.1 Å². The minimum absolute atomic E-state index is 0. The summed E-state index contributed by atoms with van der Waals surface area (Å²) in [5.41, 5.74) is 6.37. The summed E-state index contributed by atoms with van der Waals surface area (Å²) < 4.78 is 0. The van der Waals surface area contributed by atoms with Crippen molar-refractivity contribution < 1.29 is 0 Å². The summed E-state index contributed by atoms with van der Waals surface area (Å²) in [7, 11) is -0.971. The highest BCUT2D eigenvalue weighted by Gasteiger charge is 2.32. The minimum atomic E-state index is -0.486. The first-order chi connectivity index (χ1) is 16.3. The van der Waals surface area contributed by atoms with E-state index in [-0.39, 0.29) is 16.8 Å². The molecule has 0 aliphatic rings. The molecular weight excluding hydrogens is 468 g/mol. The average molecular weight is 504 g/mol. The first-order valence-electron chi connectivity index (χ1n) is 12.2. The summed E-state index contributed by atoms with van der Waals surface area (Å²) in [6.07, 6.45) is 0. The molecule has 0 saturated heterocycles. The van der Waals surface area contributed by atoms with E-state index in [0.29, 0.717) is 11.3 Å². The first-order valence-corrected chi connectivity index (χ1v) is 15.0. The molecule has 0 bridgehead atoms. The molecule has 0 unspecified atom stereocenters. The molecule has 0 aliphatic carbocycles. The summed E-state index contributed by atoms with van der Waals surface area (Å²) in [6, 6.07) is 37.1. The molecule has 0 N–H and O–H groups in total. The van der Waals surface area contributed by atoms with Gasteiger partial charge in [0.05, 0.1) is 0 Å². The van der Waals surface area contributed by atoms with Gasteiger partial charge in [0.25, 0.3) is 0 Å². The maximum atomic E-state index is 2.49. The molecule has 2 atom stereocenters. The minimum Gasteiger partial charge on any atom is -0.0587 e. The van der Waals surface area contributed by atoms with Crippen LogP contribution in [0.5, 0.6) is 0 Å². The molecule has 0 aliphatic heterocycles. The van der Waals surface area contributed by atoms with Crippen molar-refractivity contribution in [2.24, 2.45) is 0 Å². The third-order valence-electron chi connectivity index (χ3n) is 6.76. The molecular formula is C32H36B2P2. The summed E-state index contributed by atoms with van der Waals surface area (Å²) in [5.74, 6) is 0. The van der Waals surface area contributed by atoms with E-state index < -0.39 is 15.8 Å². The van der Waals surface area contributed by atoms with Crippen molar-refractivity contribution in [1.82, 2.24) is 0 Å². The monoisotopic (exact) mass is 504 g/mol. The van der Waals surface area contributed by atoms with Gasteiger partial charge in [-0.3, -0.25) is 0 Å². The van der Waals surface area contributed by atoms with Gasteiger partial charge >= 0.3 is 0 Å². The first kappa shape index (κ1) is 30.1. The third kappa shape index (κ3) is 7.00. The van der Waals surface area contributed by atoms with Gasteiger partial charge in [0.2, 0.25) is 0 Å². The van der Waals surface area contributed by atoms with Gasteiger partial charge in [-0.05, 0) is 76.1 Å². The third-order valence-corrected chi connectivity index (χ3v) is 12.9. The number of aryl methyl sites for hydroxylation is 4. The molecule has 0 saturated carbocycles. The van der Waals surface area contributed by atoms with Crippen LogP contribution in [0, 0.1) is 27.7 Å². The predicted octanol–water partition coefficient (Wildman–Crippen LogP) is 6.50. The highest BCUT2D eigenvalue weighted by atomic mass is 31.1. The van der Waals surface area contributed by atoms with Crippen LogP contribution in [0.15, 0.2) is 97.1 Å². The van der Waals surface area contributed by atoms with E-state index in [0.717, 1.165) is 0 Å². The Morgan fingerprint density at radius 1 is 0.361 bits per heavy atom. The molecule has 4 aromatic carbocycles. The van der Waals surface area contributed by atoms with Crippen molar-refractivity contribution in [3.8, 4) is 0 Å². The molecule has 180 valence electrons. The lowest BCUT2D eigenvalue weighted by atomic mass is 10.2. The van der Waals surface area contributed by atoms with Gasteiger partial charge in [0.1, 0.15) is 0 Å². The molecule has 0 spiro atoms. The van der Waals surface area contributed by atoms with Gasteiger partial charge in [-0.25, -0.2) is 0 Å². The van der Waals surface area contributed by atoms with E-state index in [1.54, 1.807) is 0 Å². The van der Waals surface area contributed by atoms with E-state index >= 15 is 0 Å². The van der Waals surface area contributed by atoms with Gasteiger partial charge in [-0.1, -0.05) is 133 Å². The largest absolute Gasteiger partial charge is 0.0587 e. The van der Waals surface area contributed by atoms with Crippen molar-refractivity contribution in [2.45, 2.75) is 52.9 Å². The maximum Gasteiger partial charge on any atom is 0 e.